The smallest absolute Gasteiger partial charge is 0.416 e. The van der Waals surface area contributed by atoms with E-state index in [1.54, 1.807) is 29.9 Å². The fourth-order valence-corrected chi connectivity index (χ4v) is 3.67. The number of halogens is 4. The van der Waals surface area contributed by atoms with Crippen LogP contribution in [-0.2, 0) is 17.5 Å². The van der Waals surface area contributed by atoms with Crippen LogP contribution in [0.2, 0.25) is 5.02 Å². The van der Waals surface area contributed by atoms with Crippen LogP contribution in [0.15, 0.2) is 60.3 Å². The molecule has 0 saturated heterocycles. The minimum Gasteiger partial charge on any atom is -0.497 e. The lowest BCUT2D eigenvalue weighted by molar-refractivity contribution is -0.137. The van der Waals surface area contributed by atoms with E-state index in [0.29, 0.717) is 23.3 Å². The second kappa shape index (κ2) is 10.1. The minimum atomic E-state index is -4.54. The maximum atomic E-state index is 12.9. The average Bonchev–Trinajstić information content (AvgIpc) is 3.16. The quantitative estimate of drug-likeness (QED) is 0.337. The van der Waals surface area contributed by atoms with Gasteiger partial charge in [0.25, 0.3) is 0 Å². The molecule has 0 spiro atoms. The molecule has 3 aromatic rings. The van der Waals surface area contributed by atoms with E-state index in [0.717, 1.165) is 35.5 Å². The summed E-state index contributed by atoms with van der Waals surface area (Å²) in [6, 6.07) is 9.99. The molecule has 0 saturated carbocycles. The molecule has 32 heavy (non-hydrogen) atoms. The largest absolute Gasteiger partial charge is 0.497 e. The molecular weight excluding hydrogens is 465 g/mol. The number of methoxy groups -OCH3 is 1. The van der Waals surface area contributed by atoms with Gasteiger partial charge in [0.1, 0.15) is 5.75 Å². The highest BCUT2D eigenvalue weighted by Crippen LogP contribution is 2.34. The van der Waals surface area contributed by atoms with Crippen LogP contribution < -0.4 is 10.1 Å². The van der Waals surface area contributed by atoms with Crippen LogP contribution in [0.25, 0.3) is 11.4 Å². The zero-order chi connectivity index (χ0) is 23.3. The number of allylic oxidation sites excluding steroid dienone is 1. The first-order valence-electron chi connectivity index (χ1n) is 9.21. The van der Waals surface area contributed by atoms with Crippen LogP contribution in [0.3, 0.4) is 0 Å². The number of hydrogen-bond acceptors (Lipinski definition) is 5. The Balaban J connectivity index is 1.73. The summed E-state index contributed by atoms with van der Waals surface area (Å²) >= 11 is 7.02. The van der Waals surface area contributed by atoms with E-state index in [-0.39, 0.29) is 16.5 Å². The number of nitrogens with one attached hydrogen (secondary N) is 1. The topological polar surface area (TPSA) is 69.0 Å². The summed E-state index contributed by atoms with van der Waals surface area (Å²) in [5, 5.41) is 11.2. The van der Waals surface area contributed by atoms with Crippen LogP contribution >= 0.6 is 23.4 Å². The molecule has 2 aromatic carbocycles. The lowest BCUT2D eigenvalue weighted by atomic mass is 10.2. The molecule has 0 aliphatic carbocycles. The average molecular weight is 483 g/mol. The standard InChI is InChI=1S/C21H18ClF3N4O2S/c1-3-10-29-19(13-4-7-15(31-2)8-5-13)27-28-20(29)32-12-18(30)26-17-11-14(21(23,24)25)6-9-16(17)22/h3-9,11H,1,10,12H2,2H3,(H,26,30). The molecule has 0 fully saturated rings. The molecule has 0 radical (unpaired) electrons. The van der Waals surface area contributed by atoms with Crippen molar-refractivity contribution in [3.05, 3.63) is 65.7 Å². The van der Waals surface area contributed by atoms with E-state index in [1.807, 2.05) is 12.1 Å². The van der Waals surface area contributed by atoms with Gasteiger partial charge in [0.2, 0.25) is 5.91 Å². The van der Waals surface area contributed by atoms with Crippen molar-refractivity contribution in [1.29, 1.82) is 0 Å². The van der Waals surface area contributed by atoms with E-state index >= 15 is 0 Å². The lowest BCUT2D eigenvalue weighted by Crippen LogP contribution is -2.16. The third-order valence-corrected chi connectivity index (χ3v) is 5.57. The molecule has 1 amide bonds. The summed E-state index contributed by atoms with van der Waals surface area (Å²) in [6.45, 7) is 4.14. The van der Waals surface area contributed by atoms with Crippen molar-refractivity contribution >= 4 is 35.0 Å². The Morgan fingerprint density at radius 2 is 1.97 bits per heavy atom. The van der Waals surface area contributed by atoms with Gasteiger partial charge >= 0.3 is 6.18 Å². The Hall–Kier alpha value is -2.98. The number of thioether (sulfide) groups is 1. The van der Waals surface area contributed by atoms with Crippen molar-refractivity contribution in [3.63, 3.8) is 0 Å². The van der Waals surface area contributed by atoms with E-state index in [1.165, 1.54) is 0 Å². The van der Waals surface area contributed by atoms with Crippen molar-refractivity contribution in [2.24, 2.45) is 0 Å². The summed E-state index contributed by atoms with van der Waals surface area (Å²) in [5.41, 5.74) is -0.217. The predicted octanol–water partition coefficient (Wildman–Crippen LogP) is 5.54. The van der Waals surface area contributed by atoms with Gasteiger partial charge in [0, 0.05) is 12.1 Å². The van der Waals surface area contributed by atoms with Gasteiger partial charge in [-0.05, 0) is 42.5 Å². The van der Waals surface area contributed by atoms with Gasteiger partial charge in [-0.3, -0.25) is 9.36 Å². The number of carbonyl (C=O) groups excluding carboxylic acids is 1. The molecule has 168 valence electrons. The normalized spacial score (nSPS) is 11.3. The monoisotopic (exact) mass is 482 g/mol. The van der Waals surface area contributed by atoms with Crippen LogP contribution in [0, 0.1) is 0 Å². The zero-order valence-corrected chi connectivity index (χ0v) is 18.4. The maximum absolute atomic E-state index is 12.9. The first kappa shape index (κ1) is 23.7. The third kappa shape index (κ3) is 5.63. The van der Waals surface area contributed by atoms with E-state index in [2.05, 4.69) is 22.1 Å². The maximum Gasteiger partial charge on any atom is 0.416 e. The highest BCUT2D eigenvalue weighted by atomic mass is 35.5. The van der Waals surface area contributed by atoms with Crippen molar-refractivity contribution < 1.29 is 22.7 Å². The first-order chi connectivity index (χ1) is 15.2. The van der Waals surface area contributed by atoms with Crippen molar-refractivity contribution in [1.82, 2.24) is 14.8 Å². The number of benzene rings is 2. The van der Waals surface area contributed by atoms with Gasteiger partial charge in [-0.1, -0.05) is 29.4 Å². The third-order valence-electron chi connectivity index (χ3n) is 4.28. The SMILES string of the molecule is C=CCn1c(SCC(=O)Nc2cc(C(F)(F)F)ccc2Cl)nnc1-c1ccc(OC)cc1. The molecule has 1 N–H and O–H groups in total. The first-order valence-corrected chi connectivity index (χ1v) is 10.6. The second-order valence-corrected chi connectivity index (χ2v) is 7.81. The minimum absolute atomic E-state index is 0.00738. The second-order valence-electron chi connectivity index (χ2n) is 6.46. The summed E-state index contributed by atoms with van der Waals surface area (Å²) < 4.78 is 45.7. The number of nitrogens with zero attached hydrogens (tertiary/aromatic N) is 3. The number of carbonyl (C=O) groups is 1. The number of amides is 1. The van der Waals surface area contributed by atoms with Gasteiger partial charge in [0.05, 0.1) is 29.1 Å². The number of aromatic nitrogens is 3. The van der Waals surface area contributed by atoms with Gasteiger partial charge in [-0.2, -0.15) is 13.2 Å². The Morgan fingerprint density at radius 3 is 2.59 bits per heavy atom. The number of ether oxygens (including phenoxy) is 1. The summed E-state index contributed by atoms with van der Waals surface area (Å²) in [4.78, 5) is 12.4. The molecule has 0 atom stereocenters. The molecular formula is C21H18ClF3N4O2S. The van der Waals surface area contributed by atoms with Gasteiger partial charge < -0.3 is 10.1 Å². The number of hydrogen-bond donors (Lipinski definition) is 1. The van der Waals surface area contributed by atoms with Gasteiger partial charge in [-0.25, -0.2) is 0 Å². The molecule has 0 aliphatic heterocycles. The van der Waals surface area contributed by atoms with Gasteiger partial charge in [0.15, 0.2) is 11.0 Å². The highest BCUT2D eigenvalue weighted by molar-refractivity contribution is 7.99. The zero-order valence-electron chi connectivity index (χ0n) is 16.8. The van der Waals surface area contributed by atoms with Crippen LogP contribution in [0.1, 0.15) is 5.56 Å². The van der Waals surface area contributed by atoms with Crippen molar-refractivity contribution in [3.8, 4) is 17.1 Å². The molecule has 6 nitrogen and oxygen atoms in total. The Morgan fingerprint density at radius 1 is 1.25 bits per heavy atom. The summed E-state index contributed by atoms with van der Waals surface area (Å²) in [7, 11) is 1.57. The molecule has 0 aliphatic rings. The summed E-state index contributed by atoms with van der Waals surface area (Å²) in [5.74, 6) is 0.639. The fraction of sp³-hybridized carbons (Fsp3) is 0.190. The molecule has 0 unspecified atom stereocenters. The van der Waals surface area contributed by atoms with Crippen molar-refractivity contribution in [2.75, 3.05) is 18.2 Å². The summed E-state index contributed by atoms with van der Waals surface area (Å²) in [6.07, 6.45) is -2.87. The van der Waals surface area contributed by atoms with E-state index in [4.69, 9.17) is 16.3 Å². The Bertz CT molecular complexity index is 1120. The lowest BCUT2D eigenvalue weighted by Gasteiger charge is -2.12. The van der Waals surface area contributed by atoms with Crippen LogP contribution in [0.4, 0.5) is 18.9 Å². The Labute approximate surface area is 191 Å². The molecule has 1 heterocycles. The van der Waals surface area contributed by atoms with Crippen LogP contribution in [0.5, 0.6) is 5.75 Å². The van der Waals surface area contributed by atoms with Crippen molar-refractivity contribution in [2.45, 2.75) is 17.9 Å². The number of anilines is 1. The molecule has 1 aromatic heterocycles. The Kier molecular flexibility index (Phi) is 7.47. The predicted molar refractivity (Wildman–Crippen MR) is 118 cm³/mol. The fourth-order valence-electron chi connectivity index (χ4n) is 2.76. The number of rotatable bonds is 8. The molecule has 0 bridgehead atoms. The number of alkyl halides is 3. The van der Waals surface area contributed by atoms with E-state index < -0.39 is 17.6 Å². The molecule has 3 rings (SSSR count). The molecule has 11 heteroatoms. The van der Waals surface area contributed by atoms with E-state index in [9.17, 15) is 18.0 Å². The highest BCUT2D eigenvalue weighted by Gasteiger charge is 2.31. The van der Waals surface area contributed by atoms with Crippen LogP contribution in [-0.4, -0.2) is 33.5 Å². The van der Waals surface area contributed by atoms with Gasteiger partial charge in [-0.15, -0.1) is 16.8 Å².